The van der Waals surface area contributed by atoms with E-state index in [1.54, 1.807) is 16.8 Å². The number of hydrogen-bond acceptors (Lipinski definition) is 7. The number of benzene rings is 1. The smallest absolute Gasteiger partial charge is 0.187 e. The Morgan fingerprint density at radius 3 is 2.92 bits per heavy atom. The second kappa shape index (κ2) is 5.57. The van der Waals surface area contributed by atoms with Gasteiger partial charge in [-0.3, -0.25) is 4.68 Å². The van der Waals surface area contributed by atoms with Gasteiger partial charge in [0.05, 0.1) is 11.9 Å². The third-order valence-corrected chi connectivity index (χ3v) is 4.35. The van der Waals surface area contributed by atoms with E-state index in [1.165, 1.54) is 11.5 Å². The van der Waals surface area contributed by atoms with Crippen molar-refractivity contribution in [3.63, 3.8) is 0 Å². The van der Waals surface area contributed by atoms with Crippen molar-refractivity contribution in [2.75, 3.05) is 5.73 Å². The lowest BCUT2D eigenvalue weighted by molar-refractivity contribution is 0.474. The maximum atomic E-state index is 9.66. The van der Waals surface area contributed by atoms with Crippen LogP contribution in [0.4, 0.5) is 5.82 Å². The fourth-order valence-corrected chi connectivity index (χ4v) is 3.01. The van der Waals surface area contributed by atoms with E-state index in [2.05, 4.69) is 19.4 Å². The van der Waals surface area contributed by atoms with Gasteiger partial charge in [0.25, 0.3) is 0 Å². The number of phenols is 1. The molecular weight excluding hydrogens is 324 g/mol. The van der Waals surface area contributed by atoms with Crippen LogP contribution in [0.3, 0.4) is 0 Å². The molecule has 8 heteroatoms. The predicted molar refractivity (Wildman–Crippen MR) is 92.8 cm³/mol. The van der Waals surface area contributed by atoms with E-state index in [9.17, 15) is 5.11 Å². The maximum absolute atomic E-state index is 9.66. The number of aromatic nitrogens is 5. The lowest BCUT2D eigenvalue weighted by atomic mass is 10.1. The van der Waals surface area contributed by atoms with Crippen LogP contribution in [0, 0.1) is 6.92 Å². The van der Waals surface area contributed by atoms with E-state index < -0.39 is 0 Å². The van der Waals surface area contributed by atoms with Gasteiger partial charge in [-0.1, -0.05) is 6.07 Å². The second-order valence-corrected chi connectivity index (χ2v) is 6.16. The van der Waals surface area contributed by atoms with Crippen LogP contribution in [0.15, 0.2) is 35.8 Å². The zero-order valence-electron chi connectivity index (χ0n) is 12.8. The third kappa shape index (κ3) is 2.56. The van der Waals surface area contributed by atoms with Crippen LogP contribution >= 0.6 is 11.5 Å². The topological polar surface area (TPSA) is 103 Å². The molecule has 3 heterocycles. The zero-order valence-corrected chi connectivity index (χ0v) is 13.7. The molecule has 24 heavy (non-hydrogen) atoms. The van der Waals surface area contributed by atoms with E-state index in [0.717, 1.165) is 11.1 Å². The summed E-state index contributed by atoms with van der Waals surface area (Å²) in [4.78, 5) is 8.77. The molecule has 3 N–H and O–H groups in total. The van der Waals surface area contributed by atoms with Crippen molar-refractivity contribution in [3.8, 4) is 17.3 Å². The lowest BCUT2D eigenvalue weighted by Crippen LogP contribution is -2.01. The molecule has 7 nitrogen and oxygen atoms in total. The summed E-state index contributed by atoms with van der Waals surface area (Å²) in [5.41, 5.74) is 9.33. The van der Waals surface area contributed by atoms with Gasteiger partial charge in [0.2, 0.25) is 0 Å². The second-order valence-electron chi connectivity index (χ2n) is 5.49. The highest BCUT2D eigenvalue weighted by Crippen LogP contribution is 2.23. The molecule has 0 amide bonds. The maximum Gasteiger partial charge on any atom is 0.187 e. The fraction of sp³-hybridized carbons (Fsp3) is 0.125. The van der Waals surface area contributed by atoms with Gasteiger partial charge in [-0.05, 0) is 47.8 Å². The number of phenolic OH excluding ortho intramolecular Hbond substituents is 1. The Balaban J connectivity index is 1.75. The number of nitrogens with two attached hydrogens (primary N) is 1. The van der Waals surface area contributed by atoms with Gasteiger partial charge in [-0.2, -0.15) is 9.47 Å². The summed E-state index contributed by atoms with van der Waals surface area (Å²) in [5, 5.41) is 16.7. The minimum atomic E-state index is 0.234. The minimum absolute atomic E-state index is 0.234. The van der Waals surface area contributed by atoms with Gasteiger partial charge in [0, 0.05) is 11.6 Å². The molecule has 0 aliphatic carbocycles. The Kier molecular flexibility index (Phi) is 3.39. The number of aromatic hydroxyl groups is 1. The molecule has 0 radical (unpaired) electrons. The first kappa shape index (κ1) is 14.6. The third-order valence-electron chi connectivity index (χ3n) is 3.79. The summed E-state index contributed by atoms with van der Waals surface area (Å²) in [5.74, 6) is 1.08. The highest BCUT2D eigenvalue weighted by Gasteiger charge is 2.13. The van der Waals surface area contributed by atoms with Crippen molar-refractivity contribution in [2.45, 2.75) is 13.5 Å². The molecule has 0 aliphatic rings. The molecule has 0 saturated carbocycles. The molecule has 0 spiro atoms. The van der Waals surface area contributed by atoms with Crippen molar-refractivity contribution < 1.29 is 5.11 Å². The van der Waals surface area contributed by atoms with Crippen LogP contribution in [0.5, 0.6) is 5.75 Å². The van der Waals surface area contributed by atoms with Gasteiger partial charge < -0.3 is 10.8 Å². The van der Waals surface area contributed by atoms with E-state index in [4.69, 9.17) is 5.73 Å². The standard InChI is InChI=1S/C16H14N6OS/c1-9-2-3-11(23)6-10(9)7-22-8-12-14(17)18-16(19-15(12)20-22)13-4-5-24-21-13/h2-6,8,23H,7H2,1H3,(H2,17,18,19,20). The number of nitrogens with zero attached hydrogens (tertiary/aromatic N) is 5. The Morgan fingerprint density at radius 1 is 1.25 bits per heavy atom. The SMILES string of the molecule is Cc1ccc(O)cc1Cn1cc2c(N)nc(-c3ccsn3)nc2n1. The van der Waals surface area contributed by atoms with Crippen LogP contribution in [0.1, 0.15) is 11.1 Å². The van der Waals surface area contributed by atoms with Gasteiger partial charge in [-0.25, -0.2) is 9.97 Å². The van der Waals surface area contributed by atoms with Crippen molar-refractivity contribution in [2.24, 2.45) is 0 Å². The summed E-state index contributed by atoms with van der Waals surface area (Å²) >= 11 is 1.34. The van der Waals surface area contributed by atoms with Crippen molar-refractivity contribution >= 4 is 28.4 Å². The van der Waals surface area contributed by atoms with Crippen molar-refractivity contribution in [3.05, 3.63) is 47.0 Å². The highest BCUT2D eigenvalue weighted by atomic mass is 32.1. The summed E-state index contributed by atoms with van der Waals surface area (Å²) in [7, 11) is 0. The first-order valence-electron chi connectivity index (χ1n) is 7.30. The Hall–Kier alpha value is -3.00. The van der Waals surface area contributed by atoms with Crippen molar-refractivity contribution in [1.29, 1.82) is 0 Å². The molecule has 0 aliphatic heterocycles. The number of aryl methyl sites for hydroxylation is 1. The quantitative estimate of drug-likeness (QED) is 0.595. The average molecular weight is 338 g/mol. The molecule has 3 aromatic heterocycles. The van der Waals surface area contributed by atoms with E-state index in [1.807, 2.05) is 30.6 Å². The molecule has 0 unspecified atom stereocenters. The van der Waals surface area contributed by atoms with Crippen molar-refractivity contribution in [1.82, 2.24) is 24.1 Å². The van der Waals surface area contributed by atoms with Crippen LogP contribution in [0.25, 0.3) is 22.6 Å². The Labute approximate surface area is 141 Å². The monoisotopic (exact) mass is 338 g/mol. The van der Waals surface area contributed by atoms with Gasteiger partial charge in [0.1, 0.15) is 17.3 Å². The Bertz CT molecular complexity index is 1020. The molecule has 0 saturated heterocycles. The molecule has 4 rings (SSSR count). The molecular formula is C16H14N6OS. The van der Waals surface area contributed by atoms with Crippen LogP contribution < -0.4 is 5.73 Å². The van der Waals surface area contributed by atoms with E-state index in [0.29, 0.717) is 34.9 Å². The first-order valence-corrected chi connectivity index (χ1v) is 8.14. The Morgan fingerprint density at radius 2 is 2.12 bits per heavy atom. The normalized spacial score (nSPS) is 11.2. The van der Waals surface area contributed by atoms with Crippen LogP contribution in [0.2, 0.25) is 0 Å². The average Bonchev–Trinajstić information content (AvgIpc) is 3.20. The number of hydrogen-bond donors (Lipinski definition) is 2. The first-order chi connectivity index (χ1) is 11.6. The molecule has 1 aromatic carbocycles. The van der Waals surface area contributed by atoms with E-state index in [-0.39, 0.29) is 5.75 Å². The molecule has 0 fully saturated rings. The zero-order chi connectivity index (χ0) is 16.7. The summed E-state index contributed by atoms with van der Waals surface area (Å²) in [6.45, 7) is 2.51. The van der Waals surface area contributed by atoms with Crippen LogP contribution in [-0.2, 0) is 6.54 Å². The molecule has 4 aromatic rings. The van der Waals surface area contributed by atoms with Crippen LogP contribution in [-0.4, -0.2) is 29.2 Å². The number of rotatable bonds is 3. The summed E-state index contributed by atoms with van der Waals surface area (Å²) in [6.07, 6.45) is 1.82. The fourth-order valence-electron chi connectivity index (χ4n) is 2.50. The number of nitrogen functional groups attached to an aromatic ring is 1. The summed E-state index contributed by atoms with van der Waals surface area (Å²) in [6, 6.07) is 7.13. The number of fused-ring (bicyclic) bond motifs is 1. The van der Waals surface area contributed by atoms with Gasteiger partial charge >= 0.3 is 0 Å². The summed E-state index contributed by atoms with van der Waals surface area (Å²) < 4.78 is 5.98. The molecule has 0 atom stereocenters. The lowest BCUT2D eigenvalue weighted by Gasteiger charge is -2.06. The van der Waals surface area contributed by atoms with Gasteiger partial charge in [-0.15, -0.1) is 0 Å². The van der Waals surface area contributed by atoms with E-state index >= 15 is 0 Å². The number of anilines is 1. The highest BCUT2D eigenvalue weighted by molar-refractivity contribution is 7.03. The minimum Gasteiger partial charge on any atom is -0.508 e. The largest absolute Gasteiger partial charge is 0.508 e. The molecule has 120 valence electrons. The predicted octanol–water partition coefficient (Wildman–Crippen LogP) is 2.59. The molecule has 0 bridgehead atoms. The van der Waals surface area contributed by atoms with Gasteiger partial charge in [0.15, 0.2) is 11.5 Å².